The maximum absolute atomic E-state index is 11.5. The van der Waals surface area contributed by atoms with Gasteiger partial charge in [-0.05, 0) is 45.9 Å². The molecule has 2 unspecified atom stereocenters. The van der Waals surface area contributed by atoms with Crippen molar-refractivity contribution in [2.75, 3.05) is 12.5 Å². The number of nitrogens with zero attached hydrogens (tertiary/aromatic N) is 2. The normalized spacial score (nSPS) is 13.2. The second-order valence-electron chi connectivity index (χ2n) is 4.85. The lowest BCUT2D eigenvalue weighted by atomic mass is 10.3. The van der Waals surface area contributed by atoms with Gasteiger partial charge in [-0.2, -0.15) is 0 Å². The summed E-state index contributed by atoms with van der Waals surface area (Å²) in [7, 11) is -0.738. The van der Waals surface area contributed by atoms with Crippen molar-refractivity contribution in [3.8, 4) is 0 Å². The van der Waals surface area contributed by atoms with Crippen molar-refractivity contribution in [2.45, 2.75) is 19.6 Å². The molecule has 26 heavy (non-hydrogen) atoms. The van der Waals surface area contributed by atoms with Crippen LogP contribution in [0, 0.1) is 20.2 Å². The Morgan fingerprint density at radius 1 is 0.769 bits per heavy atom. The van der Waals surface area contributed by atoms with Crippen LogP contribution in [0.1, 0.15) is 0 Å². The van der Waals surface area contributed by atoms with Crippen LogP contribution < -0.4 is 0 Å². The van der Waals surface area contributed by atoms with Crippen molar-refractivity contribution in [3.63, 3.8) is 0 Å². The number of hydrogen-bond donors (Lipinski definition) is 0. The Morgan fingerprint density at radius 2 is 1.12 bits per heavy atom. The van der Waals surface area contributed by atoms with E-state index in [1.54, 1.807) is 0 Å². The van der Waals surface area contributed by atoms with Crippen LogP contribution >= 0.6 is 21.6 Å². The van der Waals surface area contributed by atoms with Crippen molar-refractivity contribution in [1.82, 2.24) is 0 Å². The number of rotatable bonds is 7. The van der Waals surface area contributed by atoms with Crippen LogP contribution in [-0.2, 0) is 21.6 Å². The average molecular weight is 433 g/mol. The van der Waals surface area contributed by atoms with E-state index >= 15 is 0 Å². The smallest absolute Gasteiger partial charge is 0.258 e. The molecule has 0 saturated carbocycles. The average Bonchev–Trinajstić information content (AvgIpc) is 2.59. The van der Waals surface area contributed by atoms with Gasteiger partial charge in [0, 0.05) is 34.4 Å². The summed E-state index contributed by atoms with van der Waals surface area (Å²) in [5.41, 5.74) is -0.437. The molecule has 2 rings (SSSR count). The van der Waals surface area contributed by atoms with Crippen molar-refractivity contribution in [2.24, 2.45) is 0 Å². The molecule has 0 N–H and O–H groups in total. The molecular weight excluding hydrogens is 420 g/mol. The topological polar surface area (TPSA) is 120 Å². The first-order valence-corrected chi connectivity index (χ1v) is 12.1. The third kappa shape index (κ3) is 4.90. The van der Waals surface area contributed by atoms with Crippen LogP contribution in [0.25, 0.3) is 0 Å². The van der Waals surface area contributed by atoms with Gasteiger partial charge >= 0.3 is 0 Å². The zero-order valence-electron chi connectivity index (χ0n) is 13.4. The first-order valence-electron chi connectivity index (χ1n) is 6.79. The molecular formula is C14H12N2O6S4. The van der Waals surface area contributed by atoms with Crippen molar-refractivity contribution in [3.05, 3.63) is 56.6 Å². The summed E-state index contributed by atoms with van der Waals surface area (Å²) in [4.78, 5) is 22.5. The van der Waals surface area contributed by atoms with Crippen LogP contribution in [0.4, 0.5) is 11.4 Å². The fourth-order valence-corrected chi connectivity index (χ4v) is 5.19. The largest absolute Gasteiger partial charge is 0.284 e. The highest BCUT2D eigenvalue weighted by Crippen LogP contribution is 2.45. The predicted molar refractivity (Wildman–Crippen MR) is 103 cm³/mol. The summed E-state index contributed by atoms with van der Waals surface area (Å²) in [5, 5.41) is 22.5. The highest BCUT2D eigenvalue weighted by molar-refractivity contribution is 8.76. The molecule has 2 atom stereocenters. The summed E-state index contributed by atoms with van der Waals surface area (Å²) in [6.07, 6.45) is 2.84. The minimum Gasteiger partial charge on any atom is -0.258 e. The Morgan fingerprint density at radius 3 is 1.38 bits per heavy atom. The maximum Gasteiger partial charge on any atom is 0.284 e. The molecule has 0 fully saturated rings. The van der Waals surface area contributed by atoms with Gasteiger partial charge in [-0.1, -0.05) is 0 Å². The van der Waals surface area contributed by atoms with Gasteiger partial charge in [-0.25, -0.2) is 0 Å². The monoisotopic (exact) mass is 432 g/mol. The molecule has 0 spiro atoms. The summed E-state index contributed by atoms with van der Waals surface area (Å²) >= 11 is 0. The molecule has 0 radical (unpaired) electrons. The zero-order valence-corrected chi connectivity index (χ0v) is 16.7. The number of nitro groups is 2. The summed E-state index contributed by atoms with van der Waals surface area (Å²) < 4.78 is 23.0. The highest BCUT2D eigenvalue weighted by atomic mass is 33.1. The molecule has 0 bridgehead atoms. The van der Waals surface area contributed by atoms with Gasteiger partial charge in [-0.15, -0.1) is 0 Å². The molecule has 2 aromatic carbocycles. The van der Waals surface area contributed by atoms with E-state index in [1.165, 1.54) is 48.9 Å². The van der Waals surface area contributed by atoms with Gasteiger partial charge in [0.25, 0.3) is 11.4 Å². The van der Waals surface area contributed by atoms with E-state index in [0.29, 0.717) is 9.79 Å². The molecule has 0 aromatic heterocycles. The SMILES string of the molecule is CS(=O)c1ccc(SSc2ccc(S(C)=O)cc2[N+](=O)[O-])c([N+](=O)[O-])c1. The fourth-order valence-electron chi connectivity index (χ4n) is 1.87. The van der Waals surface area contributed by atoms with E-state index in [1.807, 2.05) is 0 Å². The molecule has 12 heteroatoms. The van der Waals surface area contributed by atoms with E-state index in [-0.39, 0.29) is 21.2 Å². The second kappa shape index (κ2) is 8.75. The molecule has 0 saturated heterocycles. The molecule has 2 aromatic rings. The molecule has 0 amide bonds. The maximum atomic E-state index is 11.5. The minimum absolute atomic E-state index is 0.218. The molecule has 0 aliphatic carbocycles. The van der Waals surface area contributed by atoms with E-state index < -0.39 is 31.4 Å². The summed E-state index contributed by atoms with van der Waals surface area (Å²) in [5.74, 6) is 0. The van der Waals surface area contributed by atoms with Crippen LogP contribution in [-0.4, -0.2) is 30.8 Å². The van der Waals surface area contributed by atoms with Gasteiger partial charge < -0.3 is 0 Å². The highest BCUT2D eigenvalue weighted by Gasteiger charge is 2.21. The Balaban J connectivity index is 2.34. The zero-order chi connectivity index (χ0) is 19.4. The number of benzene rings is 2. The lowest BCUT2D eigenvalue weighted by Gasteiger charge is -2.06. The van der Waals surface area contributed by atoms with Gasteiger partial charge in [0.2, 0.25) is 0 Å². The van der Waals surface area contributed by atoms with Crippen molar-refractivity contribution in [1.29, 1.82) is 0 Å². The Kier molecular flexibility index (Phi) is 6.92. The molecule has 0 aliphatic rings. The van der Waals surface area contributed by atoms with Gasteiger partial charge in [0.1, 0.15) is 0 Å². The Bertz CT molecular complexity index is 858. The van der Waals surface area contributed by atoms with E-state index in [4.69, 9.17) is 0 Å². The lowest BCUT2D eigenvalue weighted by Crippen LogP contribution is -1.95. The van der Waals surface area contributed by atoms with Crippen LogP contribution in [0.5, 0.6) is 0 Å². The standard InChI is InChI=1S/C14H12N2O6S4/c1-25(21)9-3-5-13(11(7-9)15(17)18)23-24-14-6-4-10(26(2)22)8-12(14)16(19)20/h3-8H,1-2H3. The Hall–Kier alpha value is -1.76. The van der Waals surface area contributed by atoms with Gasteiger partial charge in [0.15, 0.2) is 0 Å². The lowest BCUT2D eigenvalue weighted by molar-refractivity contribution is -0.388. The van der Waals surface area contributed by atoms with Crippen molar-refractivity contribution < 1.29 is 18.3 Å². The van der Waals surface area contributed by atoms with Gasteiger partial charge in [0.05, 0.1) is 41.2 Å². The third-order valence-electron chi connectivity index (χ3n) is 3.14. The number of nitro benzene ring substituents is 2. The van der Waals surface area contributed by atoms with E-state index in [9.17, 15) is 28.6 Å². The quantitative estimate of drug-likeness (QED) is 0.368. The second-order valence-corrected chi connectivity index (χ2v) is 9.82. The van der Waals surface area contributed by atoms with Crippen molar-refractivity contribution >= 4 is 54.6 Å². The van der Waals surface area contributed by atoms with Crippen LogP contribution in [0.2, 0.25) is 0 Å². The summed E-state index contributed by atoms with van der Waals surface area (Å²) in [6, 6.07) is 8.43. The number of hydrogen-bond acceptors (Lipinski definition) is 8. The molecule has 0 heterocycles. The van der Waals surface area contributed by atoms with E-state index in [0.717, 1.165) is 21.6 Å². The first-order chi connectivity index (χ1) is 12.2. The van der Waals surface area contributed by atoms with Crippen LogP contribution in [0.3, 0.4) is 0 Å². The molecule has 0 aliphatic heterocycles. The minimum atomic E-state index is -1.36. The molecule has 138 valence electrons. The van der Waals surface area contributed by atoms with Crippen LogP contribution in [0.15, 0.2) is 56.0 Å². The van der Waals surface area contributed by atoms with E-state index in [2.05, 4.69) is 0 Å². The Labute approximate surface area is 161 Å². The predicted octanol–water partition coefficient (Wildman–Crippen LogP) is 3.78. The fraction of sp³-hybridized carbons (Fsp3) is 0.143. The molecule has 8 nitrogen and oxygen atoms in total. The third-order valence-corrected chi connectivity index (χ3v) is 7.44. The first kappa shape index (κ1) is 20.6. The van der Waals surface area contributed by atoms with Gasteiger partial charge in [-0.3, -0.25) is 28.6 Å². The summed E-state index contributed by atoms with van der Waals surface area (Å²) in [6.45, 7) is 0.